The van der Waals surface area contributed by atoms with Gasteiger partial charge in [0.25, 0.3) is 0 Å². The summed E-state index contributed by atoms with van der Waals surface area (Å²) in [6, 6.07) is 16.7. The Balaban J connectivity index is 0.00000208. The summed E-state index contributed by atoms with van der Waals surface area (Å²) in [4.78, 5) is 14.5. The molecular weight excluding hydrogens is 320 g/mol. The number of fused-ring (bicyclic) bond motifs is 1. The van der Waals surface area contributed by atoms with Crippen molar-refractivity contribution < 1.29 is 4.79 Å². The molecule has 4 heteroatoms. The molecule has 1 unspecified atom stereocenters. The van der Waals surface area contributed by atoms with E-state index in [0.717, 1.165) is 19.4 Å². The van der Waals surface area contributed by atoms with E-state index in [4.69, 9.17) is 0 Å². The van der Waals surface area contributed by atoms with Crippen molar-refractivity contribution in [3.05, 3.63) is 70.8 Å². The molecule has 24 heavy (non-hydrogen) atoms. The van der Waals surface area contributed by atoms with Crippen molar-refractivity contribution >= 4 is 18.3 Å². The Morgan fingerprint density at radius 3 is 2.38 bits per heavy atom. The van der Waals surface area contributed by atoms with Crippen LogP contribution in [0.15, 0.2) is 48.5 Å². The van der Waals surface area contributed by atoms with Crippen molar-refractivity contribution in [1.82, 2.24) is 10.2 Å². The smallest absolute Gasteiger partial charge is 0.240 e. The minimum Gasteiger partial charge on any atom is -0.340 e. The summed E-state index contributed by atoms with van der Waals surface area (Å²) in [6.07, 6.45) is 1.81. The summed E-state index contributed by atoms with van der Waals surface area (Å²) in [6.45, 7) is 3.57. The molecule has 2 aromatic carbocycles. The molecule has 0 aromatic heterocycles. The first-order chi connectivity index (χ1) is 11.2. The summed E-state index contributed by atoms with van der Waals surface area (Å²) < 4.78 is 0. The van der Waals surface area contributed by atoms with E-state index >= 15 is 0 Å². The molecule has 2 aromatic rings. The van der Waals surface area contributed by atoms with Gasteiger partial charge in [-0.2, -0.15) is 0 Å². The molecule has 3 rings (SSSR count). The summed E-state index contributed by atoms with van der Waals surface area (Å²) in [5.74, 6) is 0.166. The standard InChI is InChI=1S/C20H24N2O.ClH/c1-3-15-8-10-16(11-9-15)14-22(2)20(23)19-12-17-6-4-5-7-18(17)13-21-19;/h4-11,19,21H,3,12-14H2,1-2H3;1H. The average Bonchev–Trinajstić information content (AvgIpc) is 2.61. The van der Waals surface area contributed by atoms with Crippen LogP contribution in [0.4, 0.5) is 0 Å². The van der Waals surface area contributed by atoms with Crippen LogP contribution in [0.1, 0.15) is 29.2 Å². The van der Waals surface area contributed by atoms with Crippen LogP contribution in [0.5, 0.6) is 0 Å². The maximum absolute atomic E-state index is 12.7. The van der Waals surface area contributed by atoms with Crippen LogP contribution in [0.3, 0.4) is 0 Å². The molecule has 1 N–H and O–H groups in total. The van der Waals surface area contributed by atoms with E-state index in [1.54, 1.807) is 0 Å². The Morgan fingerprint density at radius 2 is 1.71 bits per heavy atom. The number of nitrogens with zero attached hydrogens (tertiary/aromatic N) is 1. The van der Waals surface area contributed by atoms with Gasteiger partial charge in [0.2, 0.25) is 5.91 Å². The fraction of sp³-hybridized carbons (Fsp3) is 0.350. The Morgan fingerprint density at radius 1 is 1.08 bits per heavy atom. The molecule has 1 amide bonds. The second-order valence-corrected chi connectivity index (χ2v) is 6.27. The van der Waals surface area contributed by atoms with Crippen molar-refractivity contribution in [2.75, 3.05) is 7.05 Å². The molecule has 0 radical (unpaired) electrons. The van der Waals surface area contributed by atoms with Gasteiger partial charge in [-0.05, 0) is 35.1 Å². The van der Waals surface area contributed by atoms with Gasteiger partial charge in [0.05, 0.1) is 6.04 Å². The molecule has 1 aliphatic heterocycles. The third-order valence-corrected chi connectivity index (χ3v) is 4.61. The number of halogens is 1. The van der Waals surface area contributed by atoms with Gasteiger partial charge in [0.1, 0.15) is 0 Å². The Hall–Kier alpha value is -1.84. The monoisotopic (exact) mass is 344 g/mol. The van der Waals surface area contributed by atoms with Crippen LogP contribution in [-0.4, -0.2) is 23.9 Å². The van der Waals surface area contributed by atoms with Crippen LogP contribution < -0.4 is 5.32 Å². The first kappa shape index (κ1) is 18.5. The lowest BCUT2D eigenvalue weighted by Gasteiger charge is -2.29. The fourth-order valence-corrected chi connectivity index (χ4v) is 3.13. The minimum atomic E-state index is -0.121. The highest BCUT2D eigenvalue weighted by Gasteiger charge is 2.26. The molecule has 0 spiro atoms. The lowest BCUT2D eigenvalue weighted by Crippen LogP contribution is -2.48. The van der Waals surface area contributed by atoms with Crippen LogP contribution in [0.2, 0.25) is 0 Å². The van der Waals surface area contributed by atoms with E-state index in [9.17, 15) is 4.79 Å². The predicted octanol–water partition coefficient (Wildman–Crippen LogP) is 3.34. The first-order valence-electron chi connectivity index (χ1n) is 8.30. The third kappa shape index (κ3) is 4.16. The van der Waals surface area contributed by atoms with Crippen LogP contribution in [0, 0.1) is 0 Å². The molecule has 0 bridgehead atoms. The van der Waals surface area contributed by atoms with E-state index in [2.05, 4.69) is 54.7 Å². The quantitative estimate of drug-likeness (QED) is 0.922. The van der Waals surface area contributed by atoms with Crippen LogP contribution in [-0.2, 0) is 30.7 Å². The molecule has 0 fully saturated rings. The molecule has 3 nitrogen and oxygen atoms in total. The molecule has 1 atom stereocenters. The zero-order chi connectivity index (χ0) is 16.2. The summed E-state index contributed by atoms with van der Waals surface area (Å²) in [5.41, 5.74) is 5.09. The zero-order valence-corrected chi connectivity index (χ0v) is 15.1. The van der Waals surface area contributed by atoms with Gasteiger partial charge in [-0.1, -0.05) is 55.5 Å². The Kier molecular flexibility index (Phi) is 6.41. The third-order valence-electron chi connectivity index (χ3n) is 4.61. The SMILES string of the molecule is CCc1ccc(CN(C)C(=O)C2Cc3ccccc3CN2)cc1.Cl. The normalized spacial score (nSPS) is 16.0. The van der Waals surface area contributed by atoms with Gasteiger partial charge in [0, 0.05) is 20.1 Å². The van der Waals surface area contributed by atoms with Gasteiger partial charge >= 0.3 is 0 Å². The number of aryl methyl sites for hydroxylation is 1. The van der Waals surface area contributed by atoms with Crippen molar-refractivity contribution in [2.45, 2.75) is 38.9 Å². The van der Waals surface area contributed by atoms with Gasteiger partial charge in [0.15, 0.2) is 0 Å². The Labute approximate surface area is 150 Å². The highest BCUT2D eigenvalue weighted by molar-refractivity contribution is 5.85. The predicted molar refractivity (Wildman–Crippen MR) is 100 cm³/mol. The molecule has 1 aliphatic rings. The van der Waals surface area contributed by atoms with Crippen molar-refractivity contribution in [1.29, 1.82) is 0 Å². The van der Waals surface area contributed by atoms with E-state index in [0.29, 0.717) is 6.54 Å². The van der Waals surface area contributed by atoms with Crippen molar-refractivity contribution in [3.63, 3.8) is 0 Å². The Bertz CT molecular complexity index is 684. The number of nitrogens with one attached hydrogen (secondary N) is 1. The topological polar surface area (TPSA) is 32.3 Å². The number of rotatable bonds is 4. The lowest BCUT2D eigenvalue weighted by molar-refractivity contribution is -0.132. The van der Waals surface area contributed by atoms with Crippen LogP contribution >= 0.6 is 12.4 Å². The minimum absolute atomic E-state index is 0. The maximum atomic E-state index is 12.7. The summed E-state index contributed by atoms with van der Waals surface area (Å²) in [7, 11) is 1.89. The molecular formula is C20H25ClN2O. The number of likely N-dealkylation sites (N-methyl/N-ethyl adjacent to an activating group) is 1. The van der Waals surface area contributed by atoms with E-state index in [-0.39, 0.29) is 24.4 Å². The lowest BCUT2D eigenvalue weighted by atomic mass is 9.95. The van der Waals surface area contributed by atoms with Crippen molar-refractivity contribution in [2.24, 2.45) is 0 Å². The zero-order valence-electron chi connectivity index (χ0n) is 14.3. The molecule has 0 saturated carbocycles. The van der Waals surface area contributed by atoms with E-state index < -0.39 is 0 Å². The molecule has 0 saturated heterocycles. The van der Waals surface area contributed by atoms with Crippen molar-refractivity contribution in [3.8, 4) is 0 Å². The van der Waals surface area contributed by atoms with Crippen LogP contribution in [0.25, 0.3) is 0 Å². The van der Waals surface area contributed by atoms with Gasteiger partial charge in [-0.15, -0.1) is 12.4 Å². The number of carbonyl (C=O) groups is 1. The molecule has 128 valence electrons. The molecule has 0 aliphatic carbocycles. The van der Waals surface area contributed by atoms with Gasteiger partial charge in [-0.3, -0.25) is 4.79 Å². The van der Waals surface area contributed by atoms with Gasteiger partial charge in [-0.25, -0.2) is 0 Å². The number of hydrogen-bond acceptors (Lipinski definition) is 2. The highest BCUT2D eigenvalue weighted by atomic mass is 35.5. The fourth-order valence-electron chi connectivity index (χ4n) is 3.13. The first-order valence-corrected chi connectivity index (χ1v) is 8.30. The average molecular weight is 345 g/mol. The van der Waals surface area contributed by atoms with E-state index in [1.807, 2.05) is 18.0 Å². The van der Waals surface area contributed by atoms with E-state index in [1.165, 1.54) is 22.3 Å². The summed E-state index contributed by atoms with van der Waals surface area (Å²) >= 11 is 0. The number of benzene rings is 2. The largest absolute Gasteiger partial charge is 0.340 e. The summed E-state index contributed by atoms with van der Waals surface area (Å²) in [5, 5.41) is 3.37. The number of carbonyl (C=O) groups excluding carboxylic acids is 1. The number of hydrogen-bond donors (Lipinski definition) is 1. The van der Waals surface area contributed by atoms with Gasteiger partial charge < -0.3 is 10.2 Å². The second kappa shape index (κ2) is 8.32. The second-order valence-electron chi connectivity index (χ2n) is 6.27. The maximum Gasteiger partial charge on any atom is 0.240 e. The molecule has 1 heterocycles. The highest BCUT2D eigenvalue weighted by Crippen LogP contribution is 2.18. The number of amides is 1.